The molecule has 9 heavy (non-hydrogen) atoms. The number of halogens is 2. The van der Waals surface area contributed by atoms with Crippen LogP contribution in [0.3, 0.4) is 0 Å². The zero-order chi connectivity index (χ0) is 6.62. The highest BCUT2D eigenvalue weighted by atomic mass is 35.5. The Morgan fingerprint density at radius 2 is 1.89 bits per heavy atom. The van der Waals surface area contributed by atoms with Gasteiger partial charge in [-0.05, 0) is 0 Å². The molecule has 0 aliphatic heterocycles. The summed E-state index contributed by atoms with van der Waals surface area (Å²) in [6, 6.07) is 0. The van der Waals surface area contributed by atoms with E-state index in [4.69, 9.17) is 5.11 Å². The van der Waals surface area contributed by atoms with Crippen LogP contribution in [-0.2, 0) is 0 Å². The summed E-state index contributed by atoms with van der Waals surface area (Å²) in [4.78, 5) is 0. The van der Waals surface area contributed by atoms with Crippen LogP contribution >= 0.6 is 0 Å². The summed E-state index contributed by atoms with van der Waals surface area (Å²) in [5.41, 5.74) is 0. The number of alkyl halides is 1. The monoisotopic (exact) mass is 156 g/mol. The average molecular weight is 157 g/mol. The molecule has 4 heteroatoms. The molecule has 0 heterocycles. The molecule has 0 fully saturated rings. The predicted molar refractivity (Wildman–Crippen MR) is 30.0 cm³/mol. The van der Waals surface area contributed by atoms with Crippen LogP contribution in [0, 0.1) is 0 Å². The van der Waals surface area contributed by atoms with Gasteiger partial charge in [-0.1, -0.05) is 0 Å². The van der Waals surface area contributed by atoms with Gasteiger partial charge in [-0.2, -0.15) is 4.39 Å². The lowest BCUT2D eigenvalue weighted by Crippen LogP contribution is -3.00. The number of hydrogen-bond donors (Lipinski definition) is 1. The highest BCUT2D eigenvalue weighted by molar-refractivity contribution is 4.21. The van der Waals surface area contributed by atoms with Gasteiger partial charge in [-0.3, -0.25) is 0 Å². The highest BCUT2D eigenvalue weighted by Crippen LogP contribution is 1.93. The van der Waals surface area contributed by atoms with Gasteiger partial charge in [0.2, 0.25) is 6.80 Å². The van der Waals surface area contributed by atoms with Crippen LogP contribution in [0.2, 0.25) is 0 Å². The van der Waals surface area contributed by atoms with E-state index in [1.54, 1.807) is 14.1 Å². The average Bonchev–Trinajstić information content (AvgIpc) is 1.67. The van der Waals surface area contributed by atoms with Crippen molar-refractivity contribution in [3.8, 4) is 0 Å². The summed E-state index contributed by atoms with van der Waals surface area (Å²) >= 11 is 0. The molecule has 0 saturated carbocycles. The molecule has 0 saturated heterocycles. The number of aliphatic hydroxyl groups excluding tert-OH is 1. The maximum atomic E-state index is 11.8. The minimum absolute atomic E-state index is 0. The van der Waals surface area contributed by atoms with E-state index >= 15 is 0 Å². The Morgan fingerprint density at radius 3 is 2.00 bits per heavy atom. The number of aliphatic hydroxyl groups is 1. The van der Waals surface area contributed by atoms with Crippen molar-refractivity contribution in [2.24, 2.45) is 0 Å². The first-order valence-electron chi connectivity index (χ1n) is 2.61. The zero-order valence-corrected chi connectivity index (χ0v) is 6.53. The normalized spacial score (nSPS) is 10.7. The first kappa shape index (κ1) is 11.9. The Morgan fingerprint density at radius 1 is 1.44 bits per heavy atom. The summed E-state index contributed by atoms with van der Waals surface area (Å²) in [5.74, 6) is 0. The van der Waals surface area contributed by atoms with Crippen molar-refractivity contribution in [1.82, 2.24) is 0 Å². The second-order valence-corrected chi connectivity index (χ2v) is 2.50. The third kappa shape index (κ3) is 6.02. The van der Waals surface area contributed by atoms with Crippen molar-refractivity contribution in [3.63, 3.8) is 0 Å². The zero-order valence-electron chi connectivity index (χ0n) is 5.77. The minimum Gasteiger partial charge on any atom is -1.00 e. The summed E-state index contributed by atoms with van der Waals surface area (Å²) < 4.78 is 12.1. The van der Waals surface area contributed by atoms with Gasteiger partial charge in [-0.25, -0.2) is 0 Å². The molecule has 2 nitrogen and oxygen atoms in total. The van der Waals surface area contributed by atoms with Crippen LogP contribution in [0.4, 0.5) is 4.39 Å². The summed E-state index contributed by atoms with van der Waals surface area (Å²) in [6.45, 7) is 0.119. The first-order chi connectivity index (χ1) is 3.62. The smallest absolute Gasteiger partial charge is 0.221 e. The molecule has 0 amide bonds. The van der Waals surface area contributed by atoms with Gasteiger partial charge in [0.05, 0.1) is 20.7 Å². The summed E-state index contributed by atoms with van der Waals surface area (Å²) in [7, 11) is 3.46. The second-order valence-electron chi connectivity index (χ2n) is 2.50. The largest absolute Gasteiger partial charge is 1.00 e. The van der Waals surface area contributed by atoms with E-state index in [9.17, 15) is 4.39 Å². The number of nitrogens with zero attached hydrogens (tertiary/aromatic N) is 1. The minimum atomic E-state index is -0.416. The molecule has 0 radical (unpaired) electrons. The summed E-state index contributed by atoms with van der Waals surface area (Å²) in [6.07, 6.45) is 0. The van der Waals surface area contributed by atoms with Crippen LogP contribution in [0.1, 0.15) is 0 Å². The highest BCUT2D eigenvalue weighted by Gasteiger charge is 2.11. The molecule has 0 bridgehead atoms. The van der Waals surface area contributed by atoms with E-state index in [1.807, 2.05) is 0 Å². The lowest BCUT2D eigenvalue weighted by atomic mass is 10.5. The van der Waals surface area contributed by atoms with Gasteiger partial charge in [0.15, 0.2) is 0 Å². The molecule has 1 N–H and O–H groups in total. The summed E-state index contributed by atoms with van der Waals surface area (Å²) in [5, 5.41) is 8.35. The first-order valence-corrected chi connectivity index (χ1v) is 2.61. The van der Waals surface area contributed by atoms with Crippen LogP contribution in [0.25, 0.3) is 0 Å². The van der Waals surface area contributed by atoms with Crippen molar-refractivity contribution in [2.45, 2.75) is 0 Å². The lowest BCUT2D eigenvalue weighted by molar-refractivity contribution is -0.903. The molecule has 0 aromatic rings. The maximum Gasteiger partial charge on any atom is 0.221 e. The van der Waals surface area contributed by atoms with Crippen LogP contribution in [0.15, 0.2) is 0 Å². The fourth-order valence-corrected chi connectivity index (χ4v) is 0.330. The van der Waals surface area contributed by atoms with E-state index in [1.165, 1.54) is 0 Å². The Kier molecular flexibility index (Phi) is 6.56. The molecule has 0 unspecified atom stereocenters. The van der Waals surface area contributed by atoms with E-state index in [0.29, 0.717) is 6.54 Å². The quantitative estimate of drug-likeness (QED) is 0.341. The van der Waals surface area contributed by atoms with Gasteiger partial charge < -0.3 is 22.0 Å². The van der Waals surface area contributed by atoms with E-state index < -0.39 is 6.80 Å². The molecular formula is C5H13ClFNO. The molecule has 0 spiro atoms. The van der Waals surface area contributed by atoms with Crippen LogP contribution in [-0.4, -0.2) is 43.6 Å². The van der Waals surface area contributed by atoms with E-state index in [0.717, 1.165) is 0 Å². The van der Waals surface area contributed by atoms with Crippen molar-refractivity contribution in [1.29, 1.82) is 0 Å². The topological polar surface area (TPSA) is 20.2 Å². The van der Waals surface area contributed by atoms with E-state index in [-0.39, 0.29) is 23.5 Å². The van der Waals surface area contributed by atoms with Crippen molar-refractivity contribution in [3.05, 3.63) is 0 Å². The molecule has 0 aromatic heterocycles. The molecule has 0 atom stereocenters. The Bertz CT molecular complexity index is 70.0. The van der Waals surface area contributed by atoms with Crippen molar-refractivity contribution >= 4 is 0 Å². The number of likely N-dealkylation sites (N-methyl/N-ethyl adjacent to an activating group) is 1. The Labute approximate surface area is 61.3 Å². The third-order valence-corrected chi connectivity index (χ3v) is 1.03. The second kappa shape index (κ2) is 4.97. The molecule has 0 aliphatic rings. The molecule has 0 rings (SSSR count). The van der Waals surface area contributed by atoms with Crippen LogP contribution in [0.5, 0.6) is 0 Å². The van der Waals surface area contributed by atoms with Gasteiger partial charge in [0.25, 0.3) is 0 Å². The maximum absolute atomic E-state index is 11.8. The predicted octanol–water partition coefficient (Wildman–Crippen LogP) is -3.01. The SMILES string of the molecule is C[N+](C)(C[18F])CCO.[Cl-]. The fraction of sp³-hybridized carbons (Fsp3) is 1.00. The van der Waals surface area contributed by atoms with Crippen LogP contribution < -0.4 is 12.4 Å². The van der Waals surface area contributed by atoms with Gasteiger partial charge in [0.1, 0.15) is 6.54 Å². The van der Waals surface area contributed by atoms with Crippen molar-refractivity contribution in [2.75, 3.05) is 34.0 Å². The Hall–Kier alpha value is 0.140. The lowest BCUT2D eigenvalue weighted by Gasteiger charge is -2.24. The molecule has 58 valence electrons. The standard InChI is InChI=1S/C5H13FNO.ClH/c1-7(2,5-6)3-4-8;/h8H,3-5H2,1-2H3;1H/q+1;/p-1/i6-1;. The number of quaternary nitrogens is 1. The van der Waals surface area contributed by atoms with E-state index in [2.05, 4.69) is 0 Å². The molecular weight excluding hydrogens is 144 g/mol. The van der Waals surface area contributed by atoms with Gasteiger partial charge in [0, 0.05) is 0 Å². The number of rotatable bonds is 3. The Balaban J connectivity index is 0. The molecule has 0 aromatic carbocycles. The fourth-order valence-electron chi connectivity index (χ4n) is 0.330. The number of hydrogen-bond acceptors (Lipinski definition) is 1. The van der Waals surface area contributed by atoms with Gasteiger partial charge in [-0.15, -0.1) is 0 Å². The molecule has 0 aliphatic carbocycles. The van der Waals surface area contributed by atoms with Gasteiger partial charge >= 0.3 is 0 Å². The van der Waals surface area contributed by atoms with Crippen molar-refractivity contribution < 1.29 is 26.4 Å². The third-order valence-electron chi connectivity index (χ3n) is 1.03.